The fourth-order valence-electron chi connectivity index (χ4n) is 3.34. The van der Waals surface area contributed by atoms with Crippen molar-refractivity contribution in [3.05, 3.63) is 52.7 Å². The molecule has 0 saturated carbocycles. The molecular formula is C20H21N5O3. The predicted octanol–water partition coefficient (Wildman–Crippen LogP) is 2.67. The Morgan fingerprint density at radius 3 is 2.54 bits per heavy atom. The molecule has 0 unspecified atom stereocenters. The van der Waals surface area contributed by atoms with Gasteiger partial charge in [0.15, 0.2) is 17.1 Å². The van der Waals surface area contributed by atoms with Gasteiger partial charge in [-0.3, -0.25) is 14.6 Å². The molecule has 8 nitrogen and oxygen atoms in total. The standard InChI is InChI=1S/C20H21N5O3/c1-5-14-19(12-6-7-16(27-3)17(8-12)28-4)20-22-15(9-18(26)25(20)23-14)13-10-21-24(2)11-13/h6-11,23H,5H2,1-4H3. The highest BCUT2D eigenvalue weighted by molar-refractivity contribution is 5.82. The van der Waals surface area contributed by atoms with Gasteiger partial charge >= 0.3 is 0 Å². The van der Waals surface area contributed by atoms with E-state index in [0.29, 0.717) is 29.3 Å². The van der Waals surface area contributed by atoms with Crippen LogP contribution in [0.15, 0.2) is 41.5 Å². The zero-order chi connectivity index (χ0) is 19.8. The van der Waals surface area contributed by atoms with Crippen molar-refractivity contribution in [3.8, 4) is 33.9 Å². The number of aryl methyl sites for hydroxylation is 2. The second-order valence-electron chi connectivity index (χ2n) is 6.43. The van der Waals surface area contributed by atoms with E-state index in [1.807, 2.05) is 38.4 Å². The molecule has 0 saturated heterocycles. The molecule has 3 aromatic heterocycles. The third-order valence-corrected chi connectivity index (χ3v) is 4.72. The van der Waals surface area contributed by atoms with Crippen LogP contribution in [0, 0.1) is 0 Å². The van der Waals surface area contributed by atoms with Gasteiger partial charge in [-0.2, -0.15) is 5.10 Å². The maximum absolute atomic E-state index is 12.7. The highest BCUT2D eigenvalue weighted by atomic mass is 16.5. The lowest BCUT2D eigenvalue weighted by Crippen LogP contribution is -2.14. The summed E-state index contributed by atoms with van der Waals surface area (Å²) >= 11 is 0. The molecule has 0 bridgehead atoms. The van der Waals surface area contributed by atoms with Gasteiger partial charge in [-0.15, -0.1) is 0 Å². The lowest BCUT2D eigenvalue weighted by Gasteiger charge is -2.10. The average Bonchev–Trinajstić information content (AvgIpc) is 3.31. The van der Waals surface area contributed by atoms with Gasteiger partial charge in [-0.25, -0.2) is 9.50 Å². The van der Waals surface area contributed by atoms with Crippen LogP contribution in [0.5, 0.6) is 11.5 Å². The molecule has 0 atom stereocenters. The summed E-state index contributed by atoms with van der Waals surface area (Å²) in [7, 11) is 5.03. The summed E-state index contributed by atoms with van der Waals surface area (Å²) in [6.07, 6.45) is 4.25. The summed E-state index contributed by atoms with van der Waals surface area (Å²) in [6.45, 7) is 2.03. The Labute approximate surface area is 161 Å². The van der Waals surface area contributed by atoms with Crippen molar-refractivity contribution in [2.24, 2.45) is 7.05 Å². The Hall–Kier alpha value is -3.55. The van der Waals surface area contributed by atoms with Gasteiger partial charge in [0.25, 0.3) is 5.56 Å². The Kier molecular flexibility index (Phi) is 4.38. The summed E-state index contributed by atoms with van der Waals surface area (Å²) in [4.78, 5) is 17.5. The predicted molar refractivity (Wildman–Crippen MR) is 106 cm³/mol. The van der Waals surface area contributed by atoms with Crippen LogP contribution < -0.4 is 15.0 Å². The minimum absolute atomic E-state index is 0.176. The first-order valence-corrected chi connectivity index (χ1v) is 8.91. The molecule has 0 amide bonds. The van der Waals surface area contributed by atoms with E-state index in [9.17, 15) is 4.79 Å². The van der Waals surface area contributed by atoms with Gasteiger partial charge < -0.3 is 9.47 Å². The number of H-pyrrole nitrogens is 1. The molecule has 0 radical (unpaired) electrons. The molecule has 0 aliphatic rings. The largest absolute Gasteiger partial charge is 0.493 e. The molecular weight excluding hydrogens is 358 g/mol. The highest BCUT2D eigenvalue weighted by Crippen LogP contribution is 2.35. The average molecular weight is 379 g/mol. The molecule has 3 heterocycles. The quantitative estimate of drug-likeness (QED) is 0.576. The van der Waals surface area contributed by atoms with E-state index >= 15 is 0 Å². The number of ether oxygens (including phenoxy) is 2. The SMILES string of the molecule is CCc1[nH]n2c(=O)cc(-c3cnn(C)c3)nc2c1-c1ccc(OC)c(OC)c1. The molecule has 4 rings (SSSR count). The molecule has 8 heteroatoms. The third kappa shape index (κ3) is 2.83. The number of aromatic nitrogens is 5. The maximum atomic E-state index is 12.7. The fourth-order valence-corrected chi connectivity index (χ4v) is 3.34. The molecule has 1 N–H and O–H groups in total. The van der Waals surface area contributed by atoms with Crippen molar-refractivity contribution in [2.45, 2.75) is 13.3 Å². The van der Waals surface area contributed by atoms with Crippen LogP contribution in [-0.2, 0) is 13.5 Å². The first kappa shape index (κ1) is 17.8. The van der Waals surface area contributed by atoms with Gasteiger partial charge in [0.05, 0.1) is 26.1 Å². The number of aromatic amines is 1. The van der Waals surface area contributed by atoms with Crippen LogP contribution in [0.25, 0.3) is 28.0 Å². The van der Waals surface area contributed by atoms with Gasteiger partial charge in [0, 0.05) is 36.1 Å². The highest BCUT2D eigenvalue weighted by Gasteiger charge is 2.18. The van der Waals surface area contributed by atoms with Crippen molar-refractivity contribution in [1.82, 2.24) is 24.4 Å². The molecule has 0 fully saturated rings. The molecule has 0 spiro atoms. The zero-order valence-corrected chi connectivity index (χ0v) is 16.2. The molecule has 28 heavy (non-hydrogen) atoms. The number of methoxy groups -OCH3 is 2. The van der Waals surface area contributed by atoms with Crippen LogP contribution in [0.3, 0.4) is 0 Å². The first-order chi connectivity index (χ1) is 13.5. The molecule has 1 aromatic carbocycles. The first-order valence-electron chi connectivity index (χ1n) is 8.91. The maximum Gasteiger partial charge on any atom is 0.273 e. The van der Waals surface area contributed by atoms with Crippen molar-refractivity contribution >= 4 is 5.65 Å². The molecule has 4 aromatic rings. The van der Waals surface area contributed by atoms with E-state index < -0.39 is 0 Å². The van der Waals surface area contributed by atoms with Crippen LogP contribution in [-0.4, -0.2) is 38.6 Å². The van der Waals surface area contributed by atoms with Crippen molar-refractivity contribution in [2.75, 3.05) is 14.2 Å². The number of benzene rings is 1. The fraction of sp³-hybridized carbons (Fsp3) is 0.250. The monoisotopic (exact) mass is 379 g/mol. The van der Waals surface area contributed by atoms with E-state index in [1.165, 1.54) is 10.6 Å². The van der Waals surface area contributed by atoms with Gasteiger partial charge in [-0.1, -0.05) is 13.0 Å². The lowest BCUT2D eigenvalue weighted by molar-refractivity contribution is 0.355. The zero-order valence-electron chi connectivity index (χ0n) is 16.2. The van der Waals surface area contributed by atoms with Crippen LogP contribution >= 0.6 is 0 Å². The molecule has 144 valence electrons. The Balaban J connectivity index is 1.99. The smallest absolute Gasteiger partial charge is 0.273 e. The van der Waals surface area contributed by atoms with Gasteiger partial charge in [0.1, 0.15) is 0 Å². The van der Waals surface area contributed by atoms with Crippen molar-refractivity contribution in [3.63, 3.8) is 0 Å². The van der Waals surface area contributed by atoms with Crippen molar-refractivity contribution < 1.29 is 9.47 Å². The number of hydrogen-bond acceptors (Lipinski definition) is 5. The summed E-state index contributed by atoms with van der Waals surface area (Å²) in [5.41, 5.74) is 4.44. The second kappa shape index (κ2) is 6.88. The number of rotatable bonds is 5. The Morgan fingerprint density at radius 2 is 1.89 bits per heavy atom. The topological polar surface area (TPSA) is 86.4 Å². The Bertz CT molecular complexity index is 1220. The van der Waals surface area contributed by atoms with Crippen LogP contribution in [0.1, 0.15) is 12.6 Å². The normalized spacial score (nSPS) is 11.1. The number of fused-ring (bicyclic) bond motifs is 1. The summed E-state index contributed by atoms with van der Waals surface area (Å²) < 4.78 is 13.9. The van der Waals surface area contributed by atoms with E-state index in [1.54, 1.807) is 25.1 Å². The third-order valence-electron chi connectivity index (χ3n) is 4.72. The van der Waals surface area contributed by atoms with Crippen LogP contribution in [0.2, 0.25) is 0 Å². The van der Waals surface area contributed by atoms with Gasteiger partial charge in [0.2, 0.25) is 0 Å². The summed E-state index contributed by atoms with van der Waals surface area (Å²) in [5.74, 6) is 1.26. The van der Waals surface area contributed by atoms with Crippen LogP contribution in [0.4, 0.5) is 0 Å². The summed E-state index contributed by atoms with van der Waals surface area (Å²) in [5, 5.41) is 7.36. The number of nitrogens with one attached hydrogen (secondary N) is 1. The van der Waals surface area contributed by atoms with E-state index in [-0.39, 0.29) is 5.56 Å². The second-order valence-corrected chi connectivity index (χ2v) is 6.43. The molecule has 0 aliphatic carbocycles. The molecule has 0 aliphatic heterocycles. The van der Waals surface area contributed by atoms with E-state index in [4.69, 9.17) is 14.5 Å². The van der Waals surface area contributed by atoms with Gasteiger partial charge in [-0.05, 0) is 24.1 Å². The Morgan fingerprint density at radius 1 is 1.11 bits per heavy atom. The lowest BCUT2D eigenvalue weighted by atomic mass is 10.0. The van der Waals surface area contributed by atoms with E-state index in [2.05, 4.69) is 10.2 Å². The number of hydrogen-bond donors (Lipinski definition) is 1. The van der Waals surface area contributed by atoms with E-state index in [0.717, 1.165) is 22.4 Å². The minimum atomic E-state index is -0.176. The van der Waals surface area contributed by atoms with Crippen molar-refractivity contribution in [1.29, 1.82) is 0 Å². The summed E-state index contributed by atoms with van der Waals surface area (Å²) in [6, 6.07) is 7.19. The number of nitrogens with zero attached hydrogens (tertiary/aromatic N) is 4. The minimum Gasteiger partial charge on any atom is -0.493 e.